The highest BCUT2D eigenvalue weighted by molar-refractivity contribution is 7.89. The van der Waals surface area contributed by atoms with Crippen LogP contribution < -0.4 is 0 Å². The zero-order chi connectivity index (χ0) is 13.3. The molecule has 0 spiro atoms. The van der Waals surface area contributed by atoms with Gasteiger partial charge < -0.3 is 5.11 Å². The molecule has 6 nitrogen and oxygen atoms in total. The van der Waals surface area contributed by atoms with Crippen LogP contribution in [0.3, 0.4) is 0 Å². The number of hydrogen-bond donors (Lipinski definition) is 1. The smallest absolute Gasteiger partial charge is 0.322 e. The van der Waals surface area contributed by atoms with Crippen molar-refractivity contribution < 1.29 is 18.3 Å². The van der Waals surface area contributed by atoms with E-state index in [1.807, 2.05) is 0 Å². The molecule has 1 fully saturated rings. The summed E-state index contributed by atoms with van der Waals surface area (Å²) in [6.45, 7) is 1.98. The minimum absolute atomic E-state index is 0.0327. The summed E-state index contributed by atoms with van der Waals surface area (Å²) in [5.41, 5.74) is 0. The Morgan fingerprint density at radius 1 is 1.56 bits per heavy atom. The zero-order valence-corrected chi connectivity index (χ0v) is 10.7. The third kappa shape index (κ3) is 2.11. The molecule has 2 unspecified atom stereocenters. The van der Waals surface area contributed by atoms with Crippen LogP contribution in [-0.4, -0.2) is 41.4 Å². The van der Waals surface area contributed by atoms with E-state index in [0.29, 0.717) is 6.42 Å². The number of aliphatic carboxylic acids is 1. The van der Waals surface area contributed by atoms with Gasteiger partial charge >= 0.3 is 5.97 Å². The van der Waals surface area contributed by atoms with Crippen LogP contribution in [0.5, 0.6) is 0 Å². The largest absolute Gasteiger partial charge is 0.480 e. The van der Waals surface area contributed by atoms with Gasteiger partial charge in [-0.1, -0.05) is 6.92 Å². The first kappa shape index (κ1) is 13.0. The first-order chi connectivity index (χ1) is 8.44. The summed E-state index contributed by atoms with van der Waals surface area (Å²) in [5, 5.41) is 9.14. The molecule has 1 N–H and O–H groups in total. The predicted octanol–water partition coefficient (Wildman–Crippen LogP) is 0.565. The maximum absolute atomic E-state index is 12.3. The molecule has 0 aliphatic carbocycles. The zero-order valence-electron chi connectivity index (χ0n) is 9.85. The highest BCUT2D eigenvalue weighted by Crippen LogP contribution is 2.29. The van der Waals surface area contributed by atoms with E-state index in [1.54, 1.807) is 6.92 Å². The summed E-state index contributed by atoms with van der Waals surface area (Å²) in [5.74, 6) is -1.29. The number of aromatic nitrogens is 1. The molecule has 0 amide bonds. The lowest BCUT2D eigenvalue weighted by Crippen LogP contribution is -2.42. The van der Waals surface area contributed by atoms with Gasteiger partial charge in [-0.2, -0.15) is 4.31 Å². The van der Waals surface area contributed by atoms with Crippen molar-refractivity contribution in [2.75, 3.05) is 6.54 Å². The molecule has 1 aliphatic rings. The standard InChI is InChI=1S/C11H14N2O4S/c1-8-4-6-13(10(8)11(14)15)18(16,17)9-3-2-5-12-7-9/h2-3,5,7-8,10H,4,6H2,1H3,(H,14,15). The molecule has 2 heterocycles. The highest BCUT2D eigenvalue weighted by atomic mass is 32.2. The number of carbonyl (C=O) groups is 1. The molecule has 1 saturated heterocycles. The number of pyridine rings is 1. The van der Waals surface area contributed by atoms with E-state index in [1.165, 1.54) is 24.5 Å². The second kappa shape index (κ2) is 4.66. The van der Waals surface area contributed by atoms with Gasteiger partial charge in [0.05, 0.1) is 0 Å². The van der Waals surface area contributed by atoms with Crippen molar-refractivity contribution in [3.63, 3.8) is 0 Å². The van der Waals surface area contributed by atoms with Crippen LogP contribution in [-0.2, 0) is 14.8 Å². The molecule has 2 atom stereocenters. The number of rotatable bonds is 3. The maximum atomic E-state index is 12.3. The number of carboxylic acids is 1. The SMILES string of the molecule is CC1CCN(S(=O)(=O)c2cccnc2)C1C(=O)O. The Balaban J connectivity index is 2.40. The summed E-state index contributed by atoms with van der Waals surface area (Å²) < 4.78 is 25.7. The van der Waals surface area contributed by atoms with Crippen LogP contribution in [0, 0.1) is 5.92 Å². The summed E-state index contributed by atoms with van der Waals surface area (Å²) in [6, 6.07) is 1.95. The van der Waals surface area contributed by atoms with E-state index in [2.05, 4.69) is 4.98 Å². The van der Waals surface area contributed by atoms with Gasteiger partial charge in [-0.15, -0.1) is 0 Å². The normalized spacial score (nSPS) is 25.2. The number of sulfonamides is 1. The van der Waals surface area contributed by atoms with Gasteiger partial charge in [0.2, 0.25) is 10.0 Å². The number of nitrogens with zero attached hydrogens (tertiary/aromatic N) is 2. The van der Waals surface area contributed by atoms with Gasteiger partial charge in [-0.25, -0.2) is 8.42 Å². The van der Waals surface area contributed by atoms with E-state index in [-0.39, 0.29) is 17.4 Å². The average Bonchev–Trinajstić information content (AvgIpc) is 2.73. The fourth-order valence-electron chi connectivity index (χ4n) is 2.18. The first-order valence-electron chi connectivity index (χ1n) is 5.59. The Morgan fingerprint density at radius 3 is 2.83 bits per heavy atom. The lowest BCUT2D eigenvalue weighted by Gasteiger charge is -2.22. The van der Waals surface area contributed by atoms with Gasteiger partial charge in [0.15, 0.2) is 0 Å². The molecular weight excluding hydrogens is 256 g/mol. The van der Waals surface area contributed by atoms with Crippen molar-refractivity contribution in [2.24, 2.45) is 5.92 Å². The minimum atomic E-state index is -3.78. The van der Waals surface area contributed by atoms with Crippen LogP contribution in [0.4, 0.5) is 0 Å². The lowest BCUT2D eigenvalue weighted by molar-refractivity contribution is -0.141. The van der Waals surface area contributed by atoms with E-state index in [0.717, 1.165) is 4.31 Å². The summed E-state index contributed by atoms with van der Waals surface area (Å²) >= 11 is 0. The molecule has 1 aromatic rings. The van der Waals surface area contributed by atoms with Crippen LogP contribution in [0.25, 0.3) is 0 Å². The van der Waals surface area contributed by atoms with Crippen molar-refractivity contribution in [3.8, 4) is 0 Å². The molecule has 0 saturated carbocycles. The Bertz CT molecular complexity index is 543. The van der Waals surface area contributed by atoms with Crippen molar-refractivity contribution in [3.05, 3.63) is 24.5 Å². The van der Waals surface area contributed by atoms with Crippen molar-refractivity contribution in [1.29, 1.82) is 0 Å². The predicted molar refractivity (Wildman–Crippen MR) is 63.3 cm³/mol. The molecule has 0 aromatic carbocycles. The van der Waals surface area contributed by atoms with Gasteiger partial charge in [-0.3, -0.25) is 9.78 Å². The minimum Gasteiger partial charge on any atom is -0.480 e. The van der Waals surface area contributed by atoms with Gasteiger partial charge in [0.1, 0.15) is 10.9 Å². The quantitative estimate of drug-likeness (QED) is 0.867. The maximum Gasteiger partial charge on any atom is 0.322 e. The van der Waals surface area contributed by atoms with E-state index < -0.39 is 22.0 Å². The fraction of sp³-hybridized carbons (Fsp3) is 0.455. The lowest BCUT2D eigenvalue weighted by atomic mass is 10.0. The topological polar surface area (TPSA) is 87.6 Å². The molecule has 0 bridgehead atoms. The van der Waals surface area contributed by atoms with Gasteiger partial charge in [-0.05, 0) is 24.5 Å². The number of carboxylic acid groups (broad SMARTS) is 1. The summed E-state index contributed by atoms with van der Waals surface area (Å²) in [4.78, 5) is 15.0. The molecule has 18 heavy (non-hydrogen) atoms. The van der Waals surface area contributed by atoms with Crippen molar-refractivity contribution in [2.45, 2.75) is 24.3 Å². The Hall–Kier alpha value is -1.47. The third-order valence-electron chi connectivity index (χ3n) is 3.15. The summed E-state index contributed by atoms with van der Waals surface area (Å²) in [7, 11) is -3.78. The first-order valence-corrected chi connectivity index (χ1v) is 7.03. The fourth-order valence-corrected chi connectivity index (χ4v) is 3.84. The summed E-state index contributed by atoms with van der Waals surface area (Å²) in [6.07, 6.45) is 3.26. The monoisotopic (exact) mass is 270 g/mol. The third-order valence-corrected chi connectivity index (χ3v) is 5.01. The van der Waals surface area contributed by atoms with E-state index in [9.17, 15) is 13.2 Å². The second-order valence-electron chi connectivity index (χ2n) is 4.35. The molecule has 7 heteroatoms. The molecule has 2 rings (SSSR count). The van der Waals surface area contributed by atoms with Crippen LogP contribution in [0.2, 0.25) is 0 Å². The molecule has 1 aromatic heterocycles. The van der Waals surface area contributed by atoms with E-state index in [4.69, 9.17) is 5.11 Å². The van der Waals surface area contributed by atoms with Crippen molar-refractivity contribution >= 4 is 16.0 Å². The average molecular weight is 270 g/mol. The Morgan fingerprint density at radius 2 is 2.28 bits per heavy atom. The molecular formula is C11H14N2O4S. The molecule has 0 radical (unpaired) electrons. The molecule has 1 aliphatic heterocycles. The Kier molecular flexibility index (Phi) is 3.36. The van der Waals surface area contributed by atoms with E-state index >= 15 is 0 Å². The van der Waals surface area contributed by atoms with Gasteiger partial charge in [0.25, 0.3) is 0 Å². The Labute approximate surface area is 105 Å². The van der Waals surface area contributed by atoms with Crippen LogP contribution in [0.15, 0.2) is 29.4 Å². The van der Waals surface area contributed by atoms with Crippen LogP contribution >= 0.6 is 0 Å². The molecule has 98 valence electrons. The number of hydrogen-bond acceptors (Lipinski definition) is 4. The van der Waals surface area contributed by atoms with Crippen molar-refractivity contribution in [1.82, 2.24) is 9.29 Å². The highest BCUT2D eigenvalue weighted by Gasteiger charge is 2.43. The van der Waals surface area contributed by atoms with Crippen LogP contribution in [0.1, 0.15) is 13.3 Å². The second-order valence-corrected chi connectivity index (χ2v) is 6.24. The van der Waals surface area contributed by atoms with Gasteiger partial charge in [0, 0.05) is 18.9 Å².